The predicted molar refractivity (Wildman–Crippen MR) is 69.1 cm³/mol. The molecule has 1 saturated carbocycles. The zero-order chi connectivity index (χ0) is 15.6. The van der Waals surface area contributed by atoms with Gasteiger partial charge in [0.05, 0.1) is 12.5 Å². The molecule has 8 heteroatoms. The van der Waals surface area contributed by atoms with Gasteiger partial charge in [-0.3, -0.25) is 9.89 Å². The quantitative estimate of drug-likeness (QED) is 0.933. The van der Waals surface area contributed by atoms with Crippen LogP contribution in [0.1, 0.15) is 37.3 Å². The van der Waals surface area contributed by atoms with Crippen molar-refractivity contribution in [2.24, 2.45) is 11.8 Å². The Bertz CT molecular complexity index is 500. The second kappa shape index (κ2) is 6.03. The normalized spacial score (nSPS) is 23.1. The summed E-state index contributed by atoms with van der Waals surface area (Å²) in [4.78, 5) is 17.8. The lowest BCUT2D eigenvalue weighted by Crippen LogP contribution is -2.38. The molecule has 1 aromatic heterocycles. The zero-order valence-electron chi connectivity index (χ0n) is 12.1. The molecule has 118 valence electrons. The number of halogens is 3. The van der Waals surface area contributed by atoms with E-state index in [4.69, 9.17) is 0 Å². The van der Waals surface area contributed by atoms with Crippen LogP contribution in [0.3, 0.4) is 0 Å². The van der Waals surface area contributed by atoms with Gasteiger partial charge in [-0.15, -0.1) is 0 Å². The number of H-pyrrole nitrogens is 1. The monoisotopic (exact) mass is 304 g/mol. The number of carbonyl (C=O) groups excluding carboxylic acids is 1. The fourth-order valence-electron chi connectivity index (χ4n) is 2.77. The van der Waals surface area contributed by atoms with E-state index in [2.05, 4.69) is 15.2 Å². The second-order valence-corrected chi connectivity index (χ2v) is 5.63. The highest BCUT2D eigenvalue weighted by molar-refractivity contribution is 5.78. The summed E-state index contributed by atoms with van der Waals surface area (Å²) in [6.07, 6.45) is -3.24. The van der Waals surface area contributed by atoms with Crippen LogP contribution in [0.4, 0.5) is 13.2 Å². The van der Waals surface area contributed by atoms with Gasteiger partial charge in [-0.2, -0.15) is 18.3 Å². The molecule has 5 nitrogen and oxygen atoms in total. The molecule has 1 heterocycles. The summed E-state index contributed by atoms with van der Waals surface area (Å²) in [5.74, 6) is -1.08. The largest absolute Gasteiger partial charge is 0.391 e. The molecule has 1 N–H and O–H groups in total. The molecule has 0 saturated heterocycles. The standard InChI is InChI=1S/C13H19F3N4O/c1-8-17-11(19-18-8)7-20(2)12(21)9-4-3-5-10(6-9)13(14,15)16/h9-10H,3-7H2,1-2H3,(H,17,18,19). The average Bonchev–Trinajstić information content (AvgIpc) is 2.82. The number of rotatable bonds is 3. The van der Waals surface area contributed by atoms with E-state index in [1.807, 2.05) is 0 Å². The molecule has 0 bridgehead atoms. The Labute approximate surface area is 120 Å². The Morgan fingerprint density at radius 1 is 1.43 bits per heavy atom. The van der Waals surface area contributed by atoms with E-state index in [0.29, 0.717) is 24.5 Å². The molecular formula is C13H19F3N4O. The van der Waals surface area contributed by atoms with E-state index in [0.717, 1.165) is 0 Å². The second-order valence-electron chi connectivity index (χ2n) is 5.63. The Balaban J connectivity index is 1.95. The molecule has 1 aliphatic rings. The van der Waals surface area contributed by atoms with E-state index in [1.165, 1.54) is 4.90 Å². The molecule has 1 amide bonds. The Morgan fingerprint density at radius 2 is 2.14 bits per heavy atom. The minimum absolute atomic E-state index is 0.111. The third kappa shape index (κ3) is 3.95. The van der Waals surface area contributed by atoms with Gasteiger partial charge in [-0.1, -0.05) is 6.42 Å². The smallest absolute Gasteiger partial charge is 0.338 e. The molecular weight excluding hydrogens is 285 g/mol. The molecule has 0 radical (unpaired) electrons. The molecule has 2 unspecified atom stereocenters. The van der Waals surface area contributed by atoms with Crippen LogP contribution in [0, 0.1) is 18.8 Å². The number of hydrogen-bond donors (Lipinski definition) is 1. The highest BCUT2D eigenvalue weighted by Gasteiger charge is 2.44. The van der Waals surface area contributed by atoms with Crippen molar-refractivity contribution in [2.45, 2.75) is 45.3 Å². The van der Waals surface area contributed by atoms with E-state index in [1.54, 1.807) is 14.0 Å². The van der Waals surface area contributed by atoms with Crippen molar-refractivity contribution >= 4 is 5.91 Å². The van der Waals surface area contributed by atoms with Crippen molar-refractivity contribution in [2.75, 3.05) is 7.05 Å². The lowest BCUT2D eigenvalue weighted by Gasteiger charge is -2.31. The van der Waals surface area contributed by atoms with Gasteiger partial charge in [0, 0.05) is 13.0 Å². The van der Waals surface area contributed by atoms with Gasteiger partial charge >= 0.3 is 6.18 Å². The van der Waals surface area contributed by atoms with Gasteiger partial charge < -0.3 is 4.90 Å². The molecule has 1 aromatic rings. The maximum absolute atomic E-state index is 12.8. The lowest BCUT2D eigenvalue weighted by molar-refractivity contribution is -0.187. The first-order valence-corrected chi connectivity index (χ1v) is 6.97. The fraction of sp³-hybridized carbons (Fsp3) is 0.769. The summed E-state index contributed by atoms with van der Waals surface area (Å²) in [5.41, 5.74) is 0. The number of alkyl halides is 3. The molecule has 0 aromatic carbocycles. The Kier molecular flexibility index (Phi) is 4.53. The average molecular weight is 304 g/mol. The van der Waals surface area contributed by atoms with Gasteiger partial charge in [0.1, 0.15) is 5.82 Å². The highest BCUT2D eigenvalue weighted by Crippen LogP contribution is 2.40. The van der Waals surface area contributed by atoms with Crippen LogP contribution in [-0.2, 0) is 11.3 Å². The summed E-state index contributed by atoms with van der Waals surface area (Å²) >= 11 is 0. The van der Waals surface area contributed by atoms with Crippen LogP contribution in [0.15, 0.2) is 0 Å². The summed E-state index contributed by atoms with van der Waals surface area (Å²) in [7, 11) is 1.57. The molecule has 0 spiro atoms. The molecule has 21 heavy (non-hydrogen) atoms. The van der Waals surface area contributed by atoms with E-state index in [9.17, 15) is 18.0 Å². The van der Waals surface area contributed by atoms with Crippen molar-refractivity contribution in [3.63, 3.8) is 0 Å². The fourth-order valence-corrected chi connectivity index (χ4v) is 2.77. The maximum Gasteiger partial charge on any atom is 0.391 e. The third-order valence-electron chi connectivity index (χ3n) is 3.88. The van der Waals surface area contributed by atoms with Crippen molar-refractivity contribution in [3.8, 4) is 0 Å². The van der Waals surface area contributed by atoms with Crippen LogP contribution >= 0.6 is 0 Å². The molecule has 0 aliphatic heterocycles. The first kappa shape index (κ1) is 15.8. The number of carbonyl (C=O) groups is 1. The zero-order valence-corrected chi connectivity index (χ0v) is 12.1. The molecule has 2 rings (SSSR count). The van der Waals surface area contributed by atoms with Crippen molar-refractivity contribution in [1.82, 2.24) is 20.1 Å². The Morgan fingerprint density at radius 3 is 2.71 bits per heavy atom. The lowest BCUT2D eigenvalue weighted by atomic mass is 9.80. The topological polar surface area (TPSA) is 61.9 Å². The summed E-state index contributed by atoms with van der Waals surface area (Å²) in [6, 6.07) is 0. The molecule has 1 fully saturated rings. The van der Waals surface area contributed by atoms with Gasteiger partial charge in [0.2, 0.25) is 5.91 Å². The number of aromatic amines is 1. The Hall–Kier alpha value is -1.60. The molecule has 1 aliphatic carbocycles. The van der Waals surface area contributed by atoms with Crippen LogP contribution in [0.2, 0.25) is 0 Å². The minimum atomic E-state index is -4.21. The number of nitrogens with one attached hydrogen (secondary N) is 1. The molecule has 2 atom stereocenters. The van der Waals surface area contributed by atoms with Crippen molar-refractivity contribution < 1.29 is 18.0 Å². The predicted octanol–water partition coefficient (Wildman–Crippen LogP) is 2.44. The van der Waals surface area contributed by atoms with Crippen molar-refractivity contribution in [1.29, 1.82) is 0 Å². The van der Waals surface area contributed by atoms with E-state index >= 15 is 0 Å². The van der Waals surface area contributed by atoms with Gasteiger partial charge in [-0.05, 0) is 26.2 Å². The van der Waals surface area contributed by atoms with Crippen LogP contribution < -0.4 is 0 Å². The summed E-state index contributed by atoms with van der Waals surface area (Å²) < 4.78 is 38.3. The SMILES string of the molecule is Cc1nc(CN(C)C(=O)C2CCCC(C(F)(F)F)C2)n[nH]1. The van der Waals surface area contributed by atoms with Crippen LogP contribution in [-0.4, -0.2) is 39.2 Å². The maximum atomic E-state index is 12.8. The number of aryl methyl sites for hydroxylation is 1. The van der Waals surface area contributed by atoms with Crippen LogP contribution in [0.25, 0.3) is 0 Å². The minimum Gasteiger partial charge on any atom is -0.338 e. The first-order valence-electron chi connectivity index (χ1n) is 6.97. The van der Waals surface area contributed by atoms with Crippen molar-refractivity contribution in [3.05, 3.63) is 11.6 Å². The number of hydrogen-bond acceptors (Lipinski definition) is 3. The first-order chi connectivity index (χ1) is 9.77. The van der Waals surface area contributed by atoms with E-state index < -0.39 is 18.0 Å². The number of nitrogens with zero attached hydrogens (tertiary/aromatic N) is 3. The number of amides is 1. The van der Waals surface area contributed by atoms with Gasteiger partial charge in [0.25, 0.3) is 0 Å². The third-order valence-corrected chi connectivity index (χ3v) is 3.88. The number of aromatic nitrogens is 3. The summed E-state index contributed by atoms with van der Waals surface area (Å²) in [6.45, 7) is 1.95. The van der Waals surface area contributed by atoms with Gasteiger partial charge in [0.15, 0.2) is 5.82 Å². The highest BCUT2D eigenvalue weighted by atomic mass is 19.4. The summed E-state index contributed by atoms with van der Waals surface area (Å²) in [5, 5.41) is 6.60. The van der Waals surface area contributed by atoms with Gasteiger partial charge in [-0.25, -0.2) is 4.98 Å². The van der Waals surface area contributed by atoms with E-state index in [-0.39, 0.29) is 25.3 Å². The van der Waals surface area contributed by atoms with Crippen LogP contribution in [0.5, 0.6) is 0 Å².